The zero-order valence-electron chi connectivity index (χ0n) is 9.85. The Hall–Kier alpha value is -1.10. The highest BCUT2D eigenvalue weighted by Gasteiger charge is 2.01. The number of nitrogens with one attached hydrogen (secondary N) is 1. The van der Waals surface area contributed by atoms with Crippen LogP contribution in [-0.4, -0.2) is 43.6 Å². The molecular formula is C12H20N2O2. The average Bonchev–Trinajstić information content (AvgIpc) is 2.29. The fourth-order valence-electron chi connectivity index (χ4n) is 1.36. The third-order valence-corrected chi connectivity index (χ3v) is 2.37. The highest BCUT2D eigenvalue weighted by Crippen LogP contribution is 2.11. The van der Waals surface area contributed by atoms with E-state index in [-0.39, 0.29) is 6.61 Å². The molecule has 90 valence electrons. The molecular weight excluding hydrogens is 204 g/mol. The van der Waals surface area contributed by atoms with Gasteiger partial charge in [0.15, 0.2) is 0 Å². The summed E-state index contributed by atoms with van der Waals surface area (Å²) in [6.45, 7) is 0.906. The van der Waals surface area contributed by atoms with Crippen LogP contribution in [0.3, 0.4) is 0 Å². The van der Waals surface area contributed by atoms with E-state index in [0.717, 1.165) is 5.56 Å². The number of aliphatic hydroxyl groups is 2. The van der Waals surface area contributed by atoms with Gasteiger partial charge in [-0.3, -0.25) is 0 Å². The zero-order valence-corrected chi connectivity index (χ0v) is 9.85. The van der Waals surface area contributed by atoms with Crippen molar-refractivity contribution in [2.45, 2.75) is 12.6 Å². The van der Waals surface area contributed by atoms with E-state index < -0.39 is 6.10 Å². The van der Waals surface area contributed by atoms with Gasteiger partial charge in [-0.15, -0.1) is 0 Å². The number of hydrogen-bond donors (Lipinski definition) is 3. The van der Waals surface area contributed by atoms with Crippen LogP contribution in [0, 0.1) is 0 Å². The van der Waals surface area contributed by atoms with Crippen molar-refractivity contribution < 1.29 is 10.2 Å². The highest BCUT2D eigenvalue weighted by molar-refractivity contribution is 5.45. The molecule has 0 aromatic heterocycles. The van der Waals surface area contributed by atoms with Gasteiger partial charge in [0, 0.05) is 32.9 Å². The molecule has 0 radical (unpaired) electrons. The molecule has 1 rings (SSSR count). The van der Waals surface area contributed by atoms with E-state index in [1.54, 1.807) is 0 Å². The first-order valence-electron chi connectivity index (χ1n) is 5.39. The summed E-state index contributed by atoms with van der Waals surface area (Å²) < 4.78 is 0. The van der Waals surface area contributed by atoms with Crippen LogP contribution in [0.2, 0.25) is 0 Å². The van der Waals surface area contributed by atoms with E-state index in [1.807, 2.05) is 31.1 Å². The Morgan fingerprint density at radius 2 is 1.88 bits per heavy atom. The lowest BCUT2D eigenvalue weighted by molar-refractivity contribution is 0.0942. The average molecular weight is 224 g/mol. The Morgan fingerprint density at radius 3 is 2.38 bits per heavy atom. The third kappa shape index (κ3) is 4.18. The summed E-state index contributed by atoms with van der Waals surface area (Å²) in [5.74, 6) is 0. The molecule has 16 heavy (non-hydrogen) atoms. The normalized spacial score (nSPS) is 12.5. The van der Waals surface area contributed by atoms with Crippen molar-refractivity contribution in [1.82, 2.24) is 5.32 Å². The van der Waals surface area contributed by atoms with Crippen LogP contribution in [0.25, 0.3) is 0 Å². The Labute approximate surface area is 96.5 Å². The molecule has 4 heteroatoms. The van der Waals surface area contributed by atoms with E-state index in [1.165, 1.54) is 5.69 Å². The van der Waals surface area contributed by atoms with Crippen LogP contribution < -0.4 is 10.2 Å². The summed E-state index contributed by atoms with van der Waals surface area (Å²) in [6.07, 6.45) is -0.680. The zero-order chi connectivity index (χ0) is 12.0. The fraction of sp³-hybridized carbons (Fsp3) is 0.500. The molecule has 0 heterocycles. The lowest BCUT2D eigenvalue weighted by Gasteiger charge is -2.13. The molecule has 0 aliphatic carbocycles. The van der Waals surface area contributed by atoms with E-state index in [9.17, 15) is 0 Å². The first kappa shape index (κ1) is 13.0. The van der Waals surface area contributed by atoms with E-state index in [4.69, 9.17) is 10.2 Å². The molecule has 1 aromatic carbocycles. The topological polar surface area (TPSA) is 55.7 Å². The Bertz CT molecular complexity index is 298. The van der Waals surface area contributed by atoms with Gasteiger partial charge in [-0.25, -0.2) is 0 Å². The van der Waals surface area contributed by atoms with E-state index in [0.29, 0.717) is 13.1 Å². The molecule has 0 spiro atoms. The minimum atomic E-state index is -0.680. The molecule has 0 saturated heterocycles. The minimum absolute atomic E-state index is 0.202. The second kappa shape index (κ2) is 6.48. The number of rotatable bonds is 6. The summed E-state index contributed by atoms with van der Waals surface area (Å²) in [4.78, 5) is 2.05. The number of aliphatic hydroxyl groups excluding tert-OH is 2. The largest absolute Gasteiger partial charge is 0.394 e. The van der Waals surface area contributed by atoms with Gasteiger partial charge in [0.05, 0.1) is 12.7 Å². The van der Waals surface area contributed by atoms with Crippen molar-refractivity contribution in [2.75, 3.05) is 32.1 Å². The van der Waals surface area contributed by atoms with Crippen LogP contribution in [0.4, 0.5) is 5.69 Å². The molecule has 1 unspecified atom stereocenters. The summed E-state index contributed by atoms with van der Waals surface area (Å²) in [5.41, 5.74) is 2.33. The van der Waals surface area contributed by atoms with Crippen molar-refractivity contribution in [2.24, 2.45) is 0 Å². The molecule has 0 amide bonds. The standard InChI is InChI=1S/C12H20N2O2/c1-14(2)11-5-3-10(4-6-11)7-13-8-12(16)9-15/h3-6,12-13,15-16H,7-9H2,1-2H3. The van der Waals surface area contributed by atoms with Crippen molar-refractivity contribution >= 4 is 5.69 Å². The van der Waals surface area contributed by atoms with E-state index in [2.05, 4.69) is 17.4 Å². The number of hydrogen-bond acceptors (Lipinski definition) is 4. The molecule has 4 nitrogen and oxygen atoms in total. The summed E-state index contributed by atoms with van der Waals surface area (Å²) >= 11 is 0. The van der Waals surface area contributed by atoms with Crippen LogP contribution >= 0.6 is 0 Å². The predicted molar refractivity (Wildman–Crippen MR) is 65.6 cm³/mol. The molecule has 1 atom stereocenters. The highest BCUT2D eigenvalue weighted by atomic mass is 16.3. The molecule has 0 aliphatic rings. The Morgan fingerprint density at radius 1 is 1.25 bits per heavy atom. The fourth-order valence-corrected chi connectivity index (χ4v) is 1.36. The van der Waals surface area contributed by atoms with Crippen molar-refractivity contribution in [1.29, 1.82) is 0 Å². The minimum Gasteiger partial charge on any atom is -0.394 e. The second-order valence-electron chi connectivity index (χ2n) is 4.03. The van der Waals surface area contributed by atoms with Gasteiger partial charge >= 0.3 is 0 Å². The quantitative estimate of drug-likeness (QED) is 0.646. The monoisotopic (exact) mass is 224 g/mol. The number of anilines is 1. The summed E-state index contributed by atoms with van der Waals surface area (Å²) in [7, 11) is 4.01. The van der Waals surface area contributed by atoms with E-state index >= 15 is 0 Å². The molecule has 0 aliphatic heterocycles. The van der Waals surface area contributed by atoms with Crippen molar-refractivity contribution in [3.63, 3.8) is 0 Å². The molecule has 0 bridgehead atoms. The summed E-state index contributed by atoms with van der Waals surface area (Å²) in [6, 6.07) is 8.21. The molecule has 0 saturated carbocycles. The molecule has 1 aromatic rings. The molecule has 3 N–H and O–H groups in total. The predicted octanol–water partition coefficient (Wildman–Crippen LogP) is 0.195. The number of benzene rings is 1. The maximum atomic E-state index is 9.13. The third-order valence-electron chi connectivity index (χ3n) is 2.37. The molecule has 0 fully saturated rings. The first-order chi connectivity index (χ1) is 7.63. The smallest absolute Gasteiger partial charge is 0.0895 e. The van der Waals surface area contributed by atoms with Gasteiger partial charge in [-0.05, 0) is 17.7 Å². The Balaban J connectivity index is 2.38. The lowest BCUT2D eigenvalue weighted by atomic mass is 10.2. The van der Waals surface area contributed by atoms with Crippen molar-refractivity contribution in [3.8, 4) is 0 Å². The summed E-state index contributed by atoms with van der Waals surface area (Å²) in [5, 5.41) is 20.8. The number of nitrogens with zero attached hydrogens (tertiary/aromatic N) is 1. The van der Waals surface area contributed by atoms with Gasteiger partial charge in [0.2, 0.25) is 0 Å². The van der Waals surface area contributed by atoms with Gasteiger partial charge in [-0.1, -0.05) is 12.1 Å². The first-order valence-corrected chi connectivity index (χ1v) is 5.39. The van der Waals surface area contributed by atoms with Gasteiger partial charge in [0.25, 0.3) is 0 Å². The van der Waals surface area contributed by atoms with Crippen LogP contribution in [-0.2, 0) is 6.54 Å². The van der Waals surface area contributed by atoms with Gasteiger partial charge < -0.3 is 20.4 Å². The SMILES string of the molecule is CN(C)c1ccc(CNCC(O)CO)cc1. The second-order valence-corrected chi connectivity index (χ2v) is 4.03. The lowest BCUT2D eigenvalue weighted by Crippen LogP contribution is -2.28. The van der Waals surface area contributed by atoms with Gasteiger partial charge in [-0.2, -0.15) is 0 Å². The maximum Gasteiger partial charge on any atom is 0.0895 e. The Kier molecular flexibility index (Phi) is 5.25. The van der Waals surface area contributed by atoms with Crippen LogP contribution in [0.15, 0.2) is 24.3 Å². The van der Waals surface area contributed by atoms with Crippen molar-refractivity contribution in [3.05, 3.63) is 29.8 Å². The van der Waals surface area contributed by atoms with Gasteiger partial charge in [0.1, 0.15) is 0 Å². The van der Waals surface area contributed by atoms with Crippen LogP contribution in [0.5, 0.6) is 0 Å². The maximum absolute atomic E-state index is 9.13. The van der Waals surface area contributed by atoms with Crippen LogP contribution in [0.1, 0.15) is 5.56 Å².